The molecule has 0 spiro atoms. The SMILES string of the molecule is CC(C)c1cccc(-c2cccc(-c3cc(-c4ccccc4)cc(-c4ccccc4)n3)n2)c1. The van der Waals surface area contributed by atoms with Gasteiger partial charge in [0, 0.05) is 11.1 Å². The third-order valence-electron chi connectivity index (χ3n) is 5.86. The van der Waals surface area contributed by atoms with Gasteiger partial charge in [0.2, 0.25) is 0 Å². The molecule has 0 amide bonds. The lowest BCUT2D eigenvalue weighted by atomic mass is 9.99. The molecule has 5 aromatic rings. The highest BCUT2D eigenvalue weighted by Gasteiger charge is 2.11. The second-order valence-corrected chi connectivity index (χ2v) is 8.55. The molecule has 2 aromatic heterocycles. The lowest BCUT2D eigenvalue weighted by Crippen LogP contribution is -1.95. The van der Waals surface area contributed by atoms with Gasteiger partial charge in [-0.15, -0.1) is 0 Å². The smallest absolute Gasteiger partial charge is 0.0900 e. The van der Waals surface area contributed by atoms with Gasteiger partial charge in [0.05, 0.1) is 22.8 Å². The zero-order valence-electron chi connectivity index (χ0n) is 18.9. The van der Waals surface area contributed by atoms with Gasteiger partial charge in [-0.2, -0.15) is 0 Å². The maximum Gasteiger partial charge on any atom is 0.0900 e. The summed E-state index contributed by atoms with van der Waals surface area (Å²) >= 11 is 0. The molecule has 160 valence electrons. The van der Waals surface area contributed by atoms with Crippen LogP contribution in [0.3, 0.4) is 0 Å². The van der Waals surface area contributed by atoms with Crippen molar-refractivity contribution < 1.29 is 0 Å². The first-order chi connectivity index (χ1) is 16.2. The first-order valence-corrected chi connectivity index (χ1v) is 11.4. The molecule has 0 aliphatic carbocycles. The Kier molecular flexibility index (Phi) is 5.82. The van der Waals surface area contributed by atoms with Crippen LogP contribution < -0.4 is 0 Å². The van der Waals surface area contributed by atoms with E-state index in [1.165, 1.54) is 11.1 Å². The lowest BCUT2D eigenvalue weighted by molar-refractivity contribution is 0.867. The Morgan fingerprint density at radius 1 is 0.424 bits per heavy atom. The Balaban J connectivity index is 1.63. The minimum Gasteiger partial charge on any atom is -0.246 e. The Morgan fingerprint density at radius 3 is 1.73 bits per heavy atom. The van der Waals surface area contributed by atoms with Crippen LogP contribution in [0.5, 0.6) is 0 Å². The molecule has 0 bridgehead atoms. The van der Waals surface area contributed by atoms with E-state index in [2.05, 4.69) is 98.8 Å². The summed E-state index contributed by atoms with van der Waals surface area (Å²) in [5.41, 5.74) is 9.49. The van der Waals surface area contributed by atoms with E-state index in [0.717, 1.165) is 39.5 Å². The van der Waals surface area contributed by atoms with Gasteiger partial charge in [-0.05, 0) is 52.9 Å². The van der Waals surface area contributed by atoms with Crippen molar-refractivity contribution in [2.24, 2.45) is 0 Å². The topological polar surface area (TPSA) is 25.8 Å². The number of hydrogen-bond acceptors (Lipinski definition) is 2. The van der Waals surface area contributed by atoms with Crippen LogP contribution in [0, 0.1) is 0 Å². The molecule has 0 saturated carbocycles. The van der Waals surface area contributed by atoms with Gasteiger partial charge in [-0.3, -0.25) is 0 Å². The molecule has 0 unspecified atom stereocenters. The summed E-state index contributed by atoms with van der Waals surface area (Å²) in [6.07, 6.45) is 0. The summed E-state index contributed by atoms with van der Waals surface area (Å²) in [5.74, 6) is 0.478. The molecule has 0 radical (unpaired) electrons. The van der Waals surface area contributed by atoms with Crippen molar-refractivity contribution in [3.63, 3.8) is 0 Å². The van der Waals surface area contributed by atoms with Crippen molar-refractivity contribution in [2.45, 2.75) is 19.8 Å². The second kappa shape index (κ2) is 9.22. The Labute approximate surface area is 195 Å². The van der Waals surface area contributed by atoms with Gasteiger partial charge < -0.3 is 0 Å². The van der Waals surface area contributed by atoms with Crippen LogP contribution in [-0.2, 0) is 0 Å². The summed E-state index contributed by atoms with van der Waals surface area (Å²) in [4.78, 5) is 10.0. The largest absolute Gasteiger partial charge is 0.246 e. The van der Waals surface area contributed by atoms with Crippen LogP contribution in [0.2, 0.25) is 0 Å². The average Bonchev–Trinajstić information content (AvgIpc) is 2.89. The van der Waals surface area contributed by atoms with Crippen LogP contribution in [0.25, 0.3) is 45.0 Å². The molecular formula is C31H26N2. The van der Waals surface area contributed by atoms with Crippen LogP contribution in [-0.4, -0.2) is 9.97 Å². The summed E-state index contributed by atoms with van der Waals surface area (Å²) in [6, 6.07) is 39.9. The Hall–Kier alpha value is -4.04. The number of hydrogen-bond donors (Lipinski definition) is 0. The summed E-state index contributed by atoms with van der Waals surface area (Å²) in [7, 11) is 0. The standard InChI is InChI=1S/C31H26N2/c1-22(2)25-15-9-16-26(19-25)28-17-10-18-29(32-28)31-21-27(23-11-5-3-6-12-23)20-30(33-31)24-13-7-4-8-14-24/h3-22H,1-2H3. The number of nitrogens with zero attached hydrogens (tertiary/aromatic N) is 2. The zero-order chi connectivity index (χ0) is 22.6. The normalized spacial score (nSPS) is 11.0. The van der Waals surface area contributed by atoms with Gasteiger partial charge in [0.25, 0.3) is 0 Å². The average molecular weight is 427 g/mol. The van der Waals surface area contributed by atoms with E-state index in [0.29, 0.717) is 5.92 Å². The van der Waals surface area contributed by atoms with Crippen LogP contribution >= 0.6 is 0 Å². The van der Waals surface area contributed by atoms with Gasteiger partial charge in [-0.1, -0.05) is 98.8 Å². The van der Waals surface area contributed by atoms with Gasteiger partial charge >= 0.3 is 0 Å². The molecule has 0 aliphatic rings. The number of aromatic nitrogens is 2. The van der Waals surface area contributed by atoms with E-state index >= 15 is 0 Å². The van der Waals surface area contributed by atoms with Crippen molar-refractivity contribution in [2.75, 3.05) is 0 Å². The van der Waals surface area contributed by atoms with E-state index < -0.39 is 0 Å². The summed E-state index contributed by atoms with van der Waals surface area (Å²) < 4.78 is 0. The fraction of sp³-hybridized carbons (Fsp3) is 0.0968. The molecule has 0 saturated heterocycles. The van der Waals surface area contributed by atoms with E-state index in [4.69, 9.17) is 9.97 Å². The van der Waals surface area contributed by atoms with E-state index in [-0.39, 0.29) is 0 Å². The van der Waals surface area contributed by atoms with Crippen LogP contribution in [0.1, 0.15) is 25.3 Å². The number of benzene rings is 3. The van der Waals surface area contributed by atoms with E-state index in [9.17, 15) is 0 Å². The second-order valence-electron chi connectivity index (χ2n) is 8.55. The zero-order valence-corrected chi connectivity index (χ0v) is 18.9. The highest BCUT2D eigenvalue weighted by Crippen LogP contribution is 2.31. The minimum atomic E-state index is 0.478. The van der Waals surface area contributed by atoms with Gasteiger partial charge in [0.1, 0.15) is 0 Å². The third kappa shape index (κ3) is 4.61. The van der Waals surface area contributed by atoms with Crippen molar-refractivity contribution in [1.82, 2.24) is 9.97 Å². The van der Waals surface area contributed by atoms with E-state index in [1.807, 2.05) is 30.3 Å². The molecule has 5 rings (SSSR count). The van der Waals surface area contributed by atoms with E-state index in [1.54, 1.807) is 0 Å². The highest BCUT2D eigenvalue weighted by molar-refractivity contribution is 5.76. The molecule has 0 atom stereocenters. The van der Waals surface area contributed by atoms with Crippen LogP contribution in [0.4, 0.5) is 0 Å². The summed E-state index contributed by atoms with van der Waals surface area (Å²) in [5, 5.41) is 0. The first kappa shape index (κ1) is 20.8. The predicted molar refractivity (Wildman–Crippen MR) is 138 cm³/mol. The Bertz CT molecular complexity index is 1320. The monoisotopic (exact) mass is 426 g/mol. The van der Waals surface area contributed by atoms with Crippen molar-refractivity contribution in [1.29, 1.82) is 0 Å². The van der Waals surface area contributed by atoms with Crippen molar-refractivity contribution >= 4 is 0 Å². The maximum absolute atomic E-state index is 5.02. The molecule has 0 fully saturated rings. The van der Waals surface area contributed by atoms with Crippen molar-refractivity contribution in [3.05, 3.63) is 121 Å². The highest BCUT2D eigenvalue weighted by atomic mass is 14.8. The maximum atomic E-state index is 5.02. The molecule has 2 heteroatoms. The Morgan fingerprint density at radius 2 is 1.00 bits per heavy atom. The van der Waals surface area contributed by atoms with Crippen LogP contribution in [0.15, 0.2) is 115 Å². The quantitative estimate of drug-likeness (QED) is 0.283. The molecule has 3 aromatic carbocycles. The molecule has 0 N–H and O–H groups in total. The lowest BCUT2D eigenvalue weighted by Gasteiger charge is -2.11. The number of pyridine rings is 2. The van der Waals surface area contributed by atoms with Gasteiger partial charge in [0.15, 0.2) is 0 Å². The molecule has 33 heavy (non-hydrogen) atoms. The summed E-state index contributed by atoms with van der Waals surface area (Å²) in [6.45, 7) is 4.43. The van der Waals surface area contributed by atoms with Crippen molar-refractivity contribution in [3.8, 4) is 45.0 Å². The van der Waals surface area contributed by atoms with Gasteiger partial charge in [-0.25, -0.2) is 9.97 Å². The fourth-order valence-electron chi connectivity index (χ4n) is 4.01. The predicted octanol–water partition coefficient (Wildman–Crippen LogP) is 8.27. The third-order valence-corrected chi connectivity index (χ3v) is 5.86. The minimum absolute atomic E-state index is 0.478. The molecule has 2 nitrogen and oxygen atoms in total. The molecular weight excluding hydrogens is 400 g/mol. The molecule has 0 aliphatic heterocycles. The molecule has 2 heterocycles. The number of rotatable bonds is 5. The first-order valence-electron chi connectivity index (χ1n) is 11.4. The fourth-order valence-corrected chi connectivity index (χ4v) is 4.01.